The van der Waals surface area contributed by atoms with Crippen molar-refractivity contribution in [3.05, 3.63) is 92.5 Å². The first-order valence-corrected chi connectivity index (χ1v) is 14.3. The second-order valence-electron chi connectivity index (χ2n) is 9.33. The molecule has 0 fully saturated rings. The van der Waals surface area contributed by atoms with Crippen molar-refractivity contribution in [1.82, 2.24) is 10.2 Å². The minimum Gasteiger partial charge on any atom is -0.495 e. The maximum absolute atomic E-state index is 14.1. The fraction of sp³-hybridized carbons (Fsp3) is 0.286. The number of nitro groups is 1. The molecule has 0 saturated carbocycles. The molecule has 1 N–H and O–H groups in total. The number of benzene rings is 3. The minimum absolute atomic E-state index is 0.0195. The number of ether oxygens (including phenoxy) is 1. The van der Waals surface area contributed by atoms with Crippen LogP contribution in [0.15, 0.2) is 65.6 Å². The number of carbonyl (C=O) groups is 2. The quantitative estimate of drug-likeness (QED) is 0.256. The molecule has 0 radical (unpaired) electrons. The average Bonchev–Trinajstić information content (AvgIpc) is 2.93. The molecule has 2 amide bonds. The Hall–Kier alpha value is -4.16. The van der Waals surface area contributed by atoms with Gasteiger partial charge >= 0.3 is 0 Å². The fourth-order valence-electron chi connectivity index (χ4n) is 4.24. The van der Waals surface area contributed by atoms with Crippen LogP contribution in [0.4, 0.5) is 11.4 Å². The van der Waals surface area contributed by atoms with Crippen molar-refractivity contribution in [2.45, 2.75) is 38.3 Å². The number of anilines is 1. The van der Waals surface area contributed by atoms with Crippen LogP contribution >= 0.6 is 11.6 Å². The Bertz CT molecular complexity index is 1580. The first-order chi connectivity index (χ1) is 19.3. The maximum Gasteiger partial charge on any atom is 0.273 e. The first kappa shape index (κ1) is 31.4. The maximum atomic E-state index is 14.1. The molecule has 0 bridgehead atoms. The lowest BCUT2D eigenvalue weighted by Gasteiger charge is -2.32. The number of nitrogens with zero attached hydrogens (tertiary/aromatic N) is 3. The monoisotopic (exact) mass is 602 g/mol. The number of nitro benzene ring substituents is 1. The molecule has 218 valence electrons. The van der Waals surface area contributed by atoms with E-state index < -0.39 is 49.9 Å². The van der Waals surface area contributed by atoms with E-state index in [2.05, 4.69) is 5.32 Å². The van der Waals surface area contributed by atoms with E-state index in [1.807, 2.05) is 25.1 Å². The van der Waals surface area contributed by atoms with Gasteiger partial charge in [0.2, 0.25) is 11.8 Å². The highest BCUT2D eigenvalue weighted by atomic mass is 35.5. The number of halogens is 1. The molecular formula is C28H31ClN4O7S. The van der Waals surface area contributed by atoms with Gasteiger partial charge in [-0.1, -0.05) is 47.5 Å². The summed E-state index contributed by atoms with van der Waals surface area (Å²) in [6, 6.07) is 14.1. The summed E-state index contributed by atoms with van der Waals surface area (Å²) >= 11 is 6.22. The van der Waals surface area contributed by atoms with Crippen molar-refractivity contribution < 1.29 is 27.7 Å². The van der Waals surface area contributed by atoms with Gasteiger partial charge in [-0.15, -0.1) is 0 Å². The molecule has 0 aliphatic heterocycles. The summed E-state index contributed by atoms with van der Waals surface area (Å²) < 4.78 is 34.3. The highest BCUT2D eigenvalue weighted by molar-refractivity contribution is 7.92. The highest BCUT2D eigenvalue weighted by Crippen LogP contribution is 2.36. The van der Waals surface area contributed by atoms with E-state index >= 15 is 0 Å². The lowest BCUT2D eigenvalue weighted by atomic mass is 10.1. The van der Waals surface area contributed by atoms with Crippen LogP contribution < -0.4 is 14.4 Å². The van der Waals surface area contributed by atoms with Crippen molar-refractivity contribution in [2.24, 2.45) is 0 Å². The van der Waals surface area contributed by atoms with Crippen molar-refractivity contribution in [3.8, 4) is 5.75 Å². The van der Waals surface area contributed by atoms with E-state index in [9.17, 15) is 28.1 Å². The number of hydrogen-bond donors (Lipinski definition) is 1. The Morgan fingerprint density at radius 1 is 1.10 bits per heavy atom. The Balaban J connectivity index is 2.17. The van der Waals surface area contributed by atoms with Gasteiger partial charge in [0, 0.05) is 30.2 Å². The van der Waals surface area contributed by atoms with Crippen LogP contribution in [0.1, 0.15) is 23.6 Å². The van der Waals surface area contributed by atoms with Crippen molar-refractivity contribution in [1.29, 1.82) is 0 Å². The minimum atomic E-state index is -4.59. The number of nitrogens with one attached hydrogen (secondary N) is 1. The zero-order valence-corrected chi connectivity index (χ0v) is 24.8. The van der Waals surface area contributed by atoms with Crippen LogP contribution in [0.2, 0.25) is 5.02 Å². The molecule has 0 aliphatic carbocycles. The van der Waals surface area contributed by atoms with Gasteiger partial charge < -0.3 is 15.0 Å². The number of aryl methyl sites for hydroxylation is 2. The molecule has 0 aliphatic rings. The third kappa shape index (κ3) is 7.14. The Labute approximate surface area is 243 Å². The average molecular weight is 603 g/mol. The van der Waals surface area contributed by atoms with Gasteiger partial charge in [0.15, 0.2) is 0 Å². The fourth-order valence-corrected chi connectivity index (χ4v) is 5.85. The summed E-state index contributed by atoms with van der Waals surface area (Å²) in [7, 11) is -1.83. The normalized spacial score (nSPS) is 11.9. The van der Waals surface area contributed by atoms with E-state index in [1.54, 1.807) is 6.07 Å². The molecular weight excluding hydrogens is 572 g/mol. The molecule has 0 spiro atoms. The standard InChI is InChI=1S/C28H31ClN4O7S/c1-18-7-6-8-21(13-18)16-31(20(3)28(35)30-4)27(34)17-32(25-14-22(29)10-12-26(25)40-5)41(38,39)23-11-9-19(2)24(15-23)33(36)37/h6-15,20H,16-17H2,1-5H3,(H,30,35)/t20-/m0/s1. The molecule has 3 rings (SSSR count). The molecule has 0 saturated heterocycles. The highest BCUT2D eigenvalue weighted by Gasteiger charge is 2.34. The number of hydrogen-bond acceptors (Lipinski definition) is 7. The van der Waals surface area contributed by atoms with Gasteiger partial charge in [-0.25, -0.2) is 8.42 Å². The number of rotatable bonds is 11. The largest absolute Gasteiger partial charge is 0.495 e. The van der Waals surface area contributed by atoms with Crippen molar-refractivity contribution >= 4 is 44.8 Å². The zero-order valence-electron chi connectivity index (χ0n) is 23.3. The van der Waals surface area contributed by atoms with E-state index in [4.69, 9.17) is 16.3 Å². The van der Waals surface area contributed by atoms with Crippen LogP contribution in [0.5, 0.6) is 5.75 Å². The summed E-state index contributed by atoms with van der Waals surface area (Å²) in [4.78, 5) is 38.3. The summed E-state index contributed by atoms with van der Waals surface area (Å²) in [5, 5.41) is 14.3. The number of sulfonamides is 1. The Morgan fingerprint density at radius 2 is 1.80 bits per heavy atom. The SMILES string of the molecule is CNC(=O)[C@H](C)N(Cc1cccc(C)c1)C(=O)CN(c1cc(Cl)ccc1OC)S(=O)(=O)c1ccc(C)c([N+](=O)[O-])c1. The van der Waals surface area contributed by atoms with Gasteiger partial charge in [0.25, 0.3) is 15.7 Å². The molecule has 3 aromatic rings. The van der Waals surface area contributed by atoms with E-state index in [0.717, 1.165) is 21.5 Å². The van der Waals surface area contributed by atoms with Gasteiger partial charge in [-0.2, -0.15) is 0 Å². The molecule has 0 aromatic heterocycles. The summed E-state index contributed by atoms with van der Waals surface area (Å²) in [6.45, 7) is 4.17. The Morgan fingerprint density at radius 3 is 2.41 bits per heavy atom. The van der Waals surface area contributed by atoms with Crippen molar-refractivity contribution in [3.63, 3.8) is 0 Å². The van der Waals surface area contributed by atoms with Crippen LogP contribution in [0, 0.1) is 24.0 Å². The predicted molar refractivity (Wildman–Crippen MR) is 156 cm³/mol. The molecule has 0 heterocycles. The van der Waals surface area contributed by atoms with E-state index in [0.29, 0.717) is 0 Å². The van der Waals surface area contributed by atoms with Crippen LogP contribution in [-0.4, -0.2) is 56.8 Å². The third-order valence-electron chi connectivity index (χ3n) is 6.50. The molecule has 3 aromatic carbocycles. The van der Waals surface area contributed by atoms with Crippen molar-refractivity contribution in [2.75, 3.05) is 25.0 Å². The molecule has 41 heavy (non-hydrogen) atoms. The van der Waals surface area contributed by atoms with Gasteiger partial charge in [-0.05, 0) is 50.6 Å². The molecule has 13 heteroatoms. The number of likely N-dealkylation sites (N-methyl/N-ethyl adjacent to an activating group) is 1. The molecule has 11 nitrogen and oxygen atoms in total. The summed E-state index contributed by atoms with van der Waals surface area (Å²) in [6.07, 6.45) is 0. The smallest absolute Gasteiger partial charge is 0.273 e. The third-order valence-corrected chi connectivity index (χ3v) is 8.49. The predicted octanol–water partition coefficient (Wildman–Crippen LogP) is 4.23. The van der Waals surface area contributed by atoms with Gasteiger partial charge in [-0.3, -0.25) is 24.0 Å². The van der Waals surface area contributed by atoms with Crippen LogP contribution in [-0.2, 0) is 26.2 Å². The lowest BCUT2D eigenvalue weighted by molar-refractivity contribution is -0.385. The number of carbonyl (C=O) groups excluding carboxylic acids is 2. The summed E-state index contributed by atoms with van der Waals surface area (Å²) in [5.74, 6) is -1.05. The topological polar surface area (TPSA) is 139 Å². The van der Waals surface area contributed by atoms with E-state index in [-0.39, 0.29) is 28.6 Å². The second-order valence-corrected chi connectivity index (χ2v) is 11.6. The Kier molecular flexibility index (Phi) is 9.95. The van der Waals surface area contributed by atoms with Crippen LogP contribution in [0.25, 0.3) is 0 Å². The van der Waals surface area contributed by atoms with E-state index in [1.165, 1.54) is 63.2 Å². The number of amides is 2. The molecule has 0 unspecified atom stereocenters. The summed E-state index contributed by atoms with van der Waals surface area (Å²) in [5.41, 5.74) is 1.49. The van der Waals surface area contributed by atoms with Gasteiger partial charge in [0.05, 0.1) is 22.6 Å². The second kappa shape index (κ2) is 13.0. The lowest BCUT2D eigenvalue weighted by Crippen LogP contribution is -2.50. The zero-order chi connectivity index (χ0) is 30.5. The van der Waals surface area contributed by atoms with Gasteiger partial charge in [0.1, 0.15) is 18.3 Å². The number of methoxy groups -OCH3 is 1. The molecule has 1 atom stereocenters. The van der Waals surface area contributed by atoms with Crippen LogP contribution in [0.3, 0.4) is 0 Å². The first-order valence-electron chi connectivity index (χ1n) is 12.5.